The Bertz CT molecular complexity index is 1040. The van der Waals surface area contributed by atoms with Gasteiger partial charge in [0.15, 0.2) is 0 Å². The van der Waals surface area contributed by atoms with E-state index in [1.54, 1.807) is 12.1 Å². The second kappa shape index (κ2) is 9.17. The zero-order chi connectivity index (χ0) is 20.7. The molecule has 146 valence electrons. The highest BCUT2D eigenvalue weighted by Gasteiger charge is 2.13. The van der Waals surface area contributed by atoms with Crippen molar-refractivity contribution in [2.24, 2.45) is 5.14 Å². The van der Waals surface area contributed by atoms with Gasteiger partial charge in [0.2, 0.25) is 10.0 Å². The molecule has 28 heavy (non-hydrogen) atoms. The lowest BCUT2D eigenvalue weighted by Crippen LogP contribution is -2.18. The molecule has 2 rings (SSSR count). The van der Waals surface area contributed by atoms with Crippen LogP contribution in [0.1, 0.15) is 23.6 Å². The number of amides is 1. The van der Waals surface area contributed by atoms with E-state index in [4.69, 9.17) is 5.14 Å². The first-order valence-corrected chi connectivity index (χ1v) is 10.2. The predicted molar refractivity (Wildman–Crippen MR) is 108 cm³/mol. The Labute approximate surface area is 164 Å². The molecule has 0 saturated carbocycles. The molecule has 2 aromatic carbocycles. The van der Waals surface area contributed by atoms with E-state index in [0.717, 1.165) is 28.8 Å². The SMILES string of the molecule is CCc1cccc(C)c1NC(=O)/C(C#N)=C\NCc1ccc(S(N)(=O)=O)cc1. The van der Waals surface area contributed by atoms with Gasteiger partial charge in [-0.15, -0.1) is 0 Å². The number of nitrogens with one attached hydrogen (secondary N) is 2. The van der Waals surface area contributed by atoms with E-state index in [2.05, 4.69) is 10.6 Å². The summed E-state index contributed by atoms with van der Waals surface area (Å²) in [5.74, 6) is -0.497. The van der Waals surface area contributed by atoms with Crippen LogP contribution < -0.4 is 15.8 Å². The van der Waals surface area contributed by atoms with E-state index >= 15 is 0 Å². The number of carbonyl (C=O) groups excluding carboxylic acids is 1. The summed E-state index contributed by atoms with van der Waals surface area (Å²) in [4.78, 5) is 12.5. The molecule has 0 bridgehead atoms. The Kier molecular flexibility index (Phi) is 6.93. The van der Waals surface area contributed by atoms with Crippen LogP contribution in [0.3, 0.4) is 0 Å². The lowest BCUT2D eigenvalue weighted by Gasteiger charge is -2.12. The van der Waals surface area contributed by atoms with Crippen LogP contribution in [0.4, 0.5) is 5.69 Å². The number of nitriles is 1. The van der Waals surface area contributed by atoms with Crippen LogP contribution in [0.2, 0.25) is 0 Å². The molecule has 0 unspecified atom stereocenters. The van der Waals surface area contributed by atoms with Gasteiger partial charge in [-0.2, -0.15) is 5.26 Å². The second-order valence-corrected chi connectivity index (χ2v) is 7.72. The number of hydrogen-bond acceptors (Lipinski definition) is 5. The highest BCUT2D eigenvalue weighted by molar-refractivity contribution is 7.89. The molecule has 0 aromatic heterocycles. The van der Waals surface area contributed by atoms with Crippen molar-refractivity contribution in [1.82, 2.24) is 5.32 Å². The monoisotopic (exact) mass is 398 g/mol. The quantitative estimate of drug-likeness (QED) is 0.488. The minimum absolute atomic E-state index is 0.0221. The molecule has 8 heteroatoms. The number of rotatable bonds is 7. The second-order valence-electron chi connectivity index (χ2n) is 6.16. The van der Waals surface area contributed by atoms with Crippen LogP contribution in [0.25, 0.3) is 0 Å². The standard InChI is InChI=1S/C20H22N4O3S/c1-3-16-6-4-5-14(2)19(16)24-20(25)17(11-21)13-23-12-15-7-9-18(10-8-15)28(22,26)27/h4-10,13,23H,3,12H2,1-2H3,(H,24,25)(H2,22,26,27)/b17-13-. The maximum Gasteiger partial charge on any atom is 0.267 e. The van der Waals surface area contributed by atoms with Crippen LogP contribution in [0, 0.1) is 18.3 Å². The van der Waals surface area contributed by atoms with E-state index in [9.17, 15) is 18.5 Å². The van der Waals surface area contributed by atoms with Crippen molar-refractivity contribution in [3.63, 3.8) is 0 Å². The van der Waals surface area contributed by atoms with Gasteiger partial charge in [-0.25, -0.2) is 13.6 Å². The van der Waals surface area contributed by atoms with Crippen molar-refractivity contribution in [3.8, 4) is 6.07 Å². The molecule has 0 saturated heterocycles. The first kappa shape index (κ1) is 21.2. The highest BCUT2D eigenvalue weighted by atomic mass is 32.2. The molecule has 0 heterocycles. The summed E-state index contributed by atoms with van der Waals surface area (Å²) in [6.45, 7) is 4.20. The molecule has 0 aliphatic rings. The molecular weight excluding hydrogens is 376 g/mol. The van der Waals surface area contributed by atoms with Crippen LogP contribution >= 0.6 is 0 Å². The number of hydrogen-bond donors (Lipinski definition) is 3. The van der Waals surface area contributed by atoms with Gasteiger partial charge < -0.3 is 10.6 Å². The number of primary sulfonamides is 1. The molecule has 1 amide bonds. The Hall–Kier alpha value is -3.15. The van der Waals surface area contributed by atoms with Crippen LogP contribution in [0.15, 0.2) is 59.1 Å². The molecule has 0 aliphatic heterocycles. The largest absolute Gasteiger partial charge is 0.386 e. The maximum absolute atomic E-state index is 12.4. The average Bonchev–Trinajstić information content (AvgIpc) is 2.66. The number of benzene rings is 2. The van der Waals surface area contributed by atoms with Gasteiger partial charge in [0.05, 0.1) is 4.90 Å². The summed E-state index contributed by atoms with van der Waals surface area (Å²) in [7, 11) is -3.74. The number of nitrogens with two attached hydrogens (primary N) is 1. The Morgan fingerprint density at radius 3 is 2.46 bits per heavy atom. The number of anilines is 1. The molecule has 7 nitrogen and oxygen atoms in total. The summed E-state index contributed by atoms with van der Waals surface area (Å²) in [5.41, 5.74) is 3.34. The summed E-state index contributed by atoms with van der Waals surface area (Å²) in [6.07, 6.45) is 2.10. The van der Waals surface area contributed by atoms with Crippen LogP contribution in [0.5, 0.6) is 0 Å². The lowest BCUT2D eigenvalue weighted by atomic mass is 10.1. The summed E-state index contributed by atoms with van der Waals surface area (Å²) < 4.78 is 22.5. The molecule has 0 aliphatic carbocycles. The van der Waals surface area contributed by atoms with E-state index < -0.39 is 15.9 Å². The molecule has 0 fully saturated rings. The topological polar surface area (TPSA) is 125 Å². The fraction of sp³-hybridized carbons (Fsp3) is 0.200. The fourth-order valence-electron chi connectivity index (χ4n) is 2.60. The van der Waals surface area contributed by atoms with Crippen molar-refractivity contribution in [2.75, 3.05) is 5.32 Å². The molecule has 4 N–H and O–H groups in total. The first-order valence-electron chi connectivity index (χ1n) is 8.61. The van der Waals surface area contributed by atoms with Gasteiger partial charge in [-0.3, -0.25) is 4.79 Å². The van der Waals surface area contributed by atoms with Crippen molar-refractivity contribution in [2.45, 2.75) is 31.7 Å². The van der Waals surface area contributed by atoms with Crippen molar-refractivity contribution < 1.29 is 13.2 Å². The highest BCUT2D eigenvalue weighted by Crippen LogP contribution is 2.21. The minimum atomic E-state index is -3.74. The Morgan fingerprint density at radius 2 is 1.89 bits per heavy atom. The summed E-state index contributed by atoms with van der Waals surface area (Å²) in [5, 5.41) is 20.1. The van der Waals surface area contributed by atoms with Crippen LogP contribution in [-0.2, 0) is 27.8 Å². The smallest absolute Gasteiger partial charge is 0.267 e. The molecule has 0 spiro atoms. The van der Waals surface area contributed by atoms with Crippen LogP contribution in [-0.4, -0.2) is 14.3 Å². The van der Waals surface area contributed by atoms with E-state index in [1.165, 1.54) is 18.3 Å². The molecule has 2 aromatic rings. The lowest BCUT2D eigenvalue weighted by molar-refractivity contribution is -0.112. The zero-order valence-electron chi connectivity index (χ0n) is 15.7. The van der Waals surface area contributed by atoms with Gasteiger partial charge in [-0.1, -0.05) is 37.3 Å². The number of nitrogens with zero attached hydrogens (tertiary/aromatic N) is 1. The maximum atomic E-state index is 12.4. The van der Waals surface area contributed by atoms with E-state index in [0.29, 0.717) is 6.54 Å². The number of carbonyl (C=O) groups is 1. The third kappa shape index (κ3) is 5.42. The Morgan fingerprint density at radius 1 is 1.21 bits per heavy atom. The summed E-state index contributed by atoms with van der Waals surface area (Å²) in [6, 6.07) is 13.7. The number of sulfonamides is 1. The minimum Gasteiger partial charge on any atom is -0.386 e. The molecule has 0 atom stereocenters. The predicted octanol–water partition coefficient (Wildman–Crippen LogP) is 2.34. The molecular formula is C20H22N4O3S. The van der Waals surface area contributed by atoms with Crippen molar-refractivity contribution >= 4 is 21.6 Å². The van der Waals surface area contributed by atoms with E-state index in [1.807, 2.05) is 38.1 Å². The third-order valence-electron chi connectivity index (χ3n) is 4.15. The van der Waals surface area contributed by atoms with Gasteiger partial charge in [-0.05, 0) is 42.2 Å². The average molecular weight is 398 g/mol. The van der Waals surface area contributed by atoms with Gasteiger partial charge in [0, 0.05) is 18.4 Å². The normalized spacial score (nSPS) is 11.6. The summed E-state index contributed by atoms with van der Waals surface area (Å²) >= 11 is 0. The van der Waals surface area contributed by atoms with Gasteiger partial charge >= 0.3 is 0 Å². The molecule has 0 radical (unpaired) electrons. The van der Waals surface area contributed by atoms with Gasteiger partial charge in [0.25, 0.3) is 5.91 Å². The number of para-hydroxylation sites is 1. The van der Waals surface area contributed by atoms with E-state index in [-0.39, 0.29) is 10.5 Å². The fourth-order valence-corrected chi connectivity index (χ4v) is 3.11. The zero-order valence-corrected chi connectivity index (χ0v) is 16.5. The van der Waals surface area contributed by atoms with Gasteiger partial charge in [0.1, 0.15) is 11.6 Å². The van der Waals surface area contributed by atoms with Crippen molar-refractivity contribution in [1.29, 1.82) is 5.26 Å². The first-order chi connectivity index (χ1) is 13.3. The Balaban J connectivity index is 2.06. The van der Waals surface area contributed by atoms with Crippen molar-refractivity contribution in [3.05, 3.63) is 70.9 Å². The third-order valence-corrected chi connectivity index (χ3v) is 5.08. The number of aryl methyl sites for hydroxylation is 2.